The van der Waals surface area contributed by atoms with E-state index in [2.05, 4.69) is 15.4 Å². The van der Waals surface area contributed by atoms with Crippen LogP contribution in [-0.4, -0.2) is 29.2 Å². The van der Waals surface area contributed by atoms with E-state index in [4.69, 9.17) is 5.84 Å². The molecule has 1 aromatic heterocycles. The lowest BCUT2D eigenvalue weighted by atomic mass is 10.3. The topological polar surface area (TPSA) is 67.1 Å². The van der Waals surface area contributed by atoms with Gasteiger partial charge in [0.05, 0.1) is 0 Å². The van der Waals surface area contributed by atoms with E-state index < -0.39 is 12.7 Å². The first-order valence-electron chi connectivity index (χ1n) is 4.99. The molecule has 0 amide bonds. The molecule has 1 heterocycles. The molecule has 8 heteroatoms. The van der Waals surface area contributed by atoms with Crippen molar-refractivity contribution in [2.24, 2.45) is 5.84 Å². The van der Waals surface area contributed by atoms with Crippen molar-refractivity contribution in [2.45, 2.75) is 20.0 Å². The van der Waals surface area contributed by atoms with E-state index in [1.165, 1.54) is 6.33 Å². The summed E-state index contributed by atoms with van der Waals surface area (Å²) in [5, 5.41) is 0. The predicted octanol–water partition coefficient (Wildman–Crippen LogP) is 1.46. The minimum atomic E-state index is -4.27. The van der Waals surface area contributed by atoms with Crippen LogP contribution in [0.3, 0.4) is 0 Å². The van der Waals surface area contributed by atoms with Gasteiger partial charge < -0.3 is 10.3 Å². The van der Waals surface area contributed by atoms with E-state index in [-0.39, 0.29) is 12.4 Å². The Morgan fingerprint density at radius 1 is 1.41 bits per heavy atom. The number of hydrogen-bond acceptors (Lipinski definition) is 5. The minimum absolute atomic E-state index is 0.196. The number of rotatable bonds is 4. The van der Waals surface area contributed by atoms with E-state index in [9.17, 15) is 13.2 Å². The molecule has 0 aliphatic carbocycles. The van der Waals surface area contributed by atoms with Crippen molar-refractivity contribution in [3.63, 3.8) is 0 Å². The first kappa shape index (κ1) is 13.5. The number of nitrogens with two attached hydrogens (primary N) is 1. The number of hydrazine groups is 1. The lowest BCUT2D eigenvalue weighted by molar-refractivity contribution is -0.119. The average molecular weight is 249 g/mol. The molecule has 1 rings (SSSR count). The summed E-state index contributed by atoms with van der Waals surface area (Å²) in [4.78, 5) is 8.80. The normalized spacial score (nSPS) is 11.4. The van der Waals surface area contributed by atoms with Crippen LogP contribution in [0.1, 0.15) is 12.5 Å². The third-order valence-electron chi connectivity index (χ3n) is 2.25. The van der Waals surface area contributed by atoms with E-state index in [0.717, 1.165) is 4.90 Å². The molecule has 96 valence electrons. The second-order valence-corrected chi connectivity index (χ2v) is 3.44. The Hall–Kier alpha value is -1.57. The highest BCUT2D eigenvalue weighted by atomic mass is 19.4. The van der Waals surface area contributed by atoms with Gasteiger partial charge in [0.25, 0.3) is 0 Å². The Morgan fingerprint density at radius 2 is 2.06 bits per heavy atom. The maximum absolute atomic E-state index is 12.4. The quantitative estimate of drug-likeness (QED) is 0.624. The summed E-state index contributed by atoms with van der Waals surface area (Å²) in [5.41, 5.74) is 2.81. The van der Waals surface area contributed by atoms with Crippen LogP contribution in [0, 0.1) is 6.92 Å². The summed E-state index contributed by atoms with van der Waals surface area (Å²) in [6, 6.07) is 0. The zero-order valence-corrected chi connectivity index (χ0v) is 9.54. The molecule has 0 saturated carbocycles. The van der Waals surface area contributed by atoms with Crippen molar-refractivity contribution in [1.29, 1.82) is 0 Å². The second kappa shape index (κ2) is 5.17. The lowest BCUT2D eigenvalue weighted by Crippen LogP contribution is -2.35. The molecule has 0 aliphatic rings. The van der Waals surface area contributed by atoms with Gasteiger partial charge in [-0.25, -0.2) is 15.8 Å². The summed E-state index contributed by atoms with van der Waals surface area (Å²) in [5.74, 6) is 5.75. The maximum Gasteiger partial charge on any atom is 0.405 e. The minimum Gasteiger partial charge on any atom is -0.347 e. The fourth-order valence-electron chi connectivity index (χ4n) is 1.46. The molecule has 0 aromatic carbocycles. The van der Waals surface area contributed by atoms with Crippen LogP contribution in [-0.2, 0) is 0 Å². The Bertz CT molecular complexity index is 379. The molecular formula is C9H14F3N5. The van der Waals surface area contributed by atoms with Gasteiger partial charge in [0.2, 0.25) is 0 Å². The number of nitrogen functional groups attached to an aromatic ring is 1. The first-order chi connectivity index (χ1) is 7.89. The highest BCUT2D eigenvalue weighted by Crippen LogP contribution is 2.25. The summed E-state index contributed by atoms with van der Waals surface area (Å²) >= 11 is 0. The summed E-state index contributed by atoms with van der Waals surface area (Å²) in [6.45, 7) is 2.39. The van der Waals surface area contributed by atoms with E-state index in [1.54, 1.807) is 13.8 Å². The van der Waals surface area contributed by atoms with Crippen molar-refractivity contribution in [2.75, 3.05) is 23.4 Å². The second-order valence-electron chi connectivity index (χ2n) is 3.44. The van der Waals surface area contributed by atoms with Crippen LogP contribution in [0.4, 0.5) is 24.8 Å². The summed E-state index contributed by atoms with van der Waals surface area (Å²) < 4.78 is 37.1. The Kier molecular flexibility index (Phi) is 4.11. The highest BCUT2D eigenvalue weighted by Gasteiger charge is 2.31. The molecule has 17 heavy (non-hydrogen) atoms. The standard InChI is InChI=1S/C9H14F3N5/c1-3-17(4-9(10,11)12)8-6(2)7(16-13)14-5-15-8/h5H,3-4,13H2,1-2H3,(H,14,15,16). The fourth-order valence-corrected chi connectivity index (χ4v) is 1.46. The largest absolute Gasteiger partial charge is 0.405 e. The van der Waals surface area contributed by atoms with Gasteiger partial charge in [-0.2, -0.15) is 13.2 Å². The molecule has 0 fully saturated rings. The van der Waals surface area contributed by atoms with Gasteiger partial charge in [0.15, 0.2) is 0 Å². The molecule has 0 unspecified atom stereocenters. The smallest absolute Gasteiger partial charge is 0.347 e. The van der Waals surface area contributed by atoms with Gasteiger partial charge in [-0.3, -0.25) is 0 Å². The third kappa shape index (κ3) is 3.45. The van der Waals surface area contributed by atoms with Crippen molar-refractivity contribution in [3.8, 4) is 0 Å². The number of nitrogens with one attached hydrogen (secondary N) is 1. The number of anilines is 2. The first-order valence-corrected chi connectivity index (χ1v) is 4.99. The predicted molar refractivity (Wildman–Crippen MR) is 58.5 cm³/mol. The molecule has 3 N–H and O–H groups in total. The zero-order chi connectivity index (χ0) is 13.1. The van der Waals surface area contributed by atoms with Crippen molar-refractivity contribution >= 4 is 11.6 Å². The molecule has 5 nitrogen and oxygen atoms in total. The number of nitrogens with zero attached hydrogens (tertiary/aromatic N) is 3. The van der Waals surface area contributed by atoms with E-state index >= 15 is 0 Å². The molecule has 0 saturated heterocycles. The fraction of sp³-hybridized carbons (Fsp3) is 0.556. The third-order valence-corrected chi connectivity index (χ3v) is 2.25. The van der Waals surface area contributed by atoms with Crippen molar-refractivity contribution in [3.05, 3.63) is 11.9 Å². The number of alkyl halides is 3. The van der Waals surface area contributed by atoms with Gasteiger partial charge >= 0.3 is 6.18 Å². The van der Waals surface area contributed by atoms with Gasteiger partial charge in [-0.05, 0) is 13.8 Å². The molecule has 0 radical (unpaired) electrons. The highest BCUT2D eigenvalue weighted by molar-refractivity contribution is 5.57. The van der Waals surface area contributed by atoms with Gasteiger partial charge in [-0.15, -0.1) is 0 Å². The van der Waals surface area contributed by atoms with Crippen molar-refractivity contribution in [1.82, 2.24) is 9.97 Å². The van der Waals surface area contributed by atoms with Crippen LogP contribution in [0.25, 0.3) is 0 Å². The SMILES string of the molecule is CCN(CC(F)(F)F)c1ncnc(NN)c1C. The van der Waals surface area contributed by atoms with Crippen LogP contribution < -0.4 is 16.2 Å². The van der Waals surface area contributed by atoms with Gasteiger partial charge in [0.1, 0.15) is 24.5 Å². The molecule has 1 aromatic rings. The Balaban J connectivity index is 3.04. The van der Waals surface area contributed by atoms with Gasteiger partial charge in [0, 0.05) is 12.1 Å². The lowest BCUT2D eigenvalue weighted by Gasteiger charge is -2.25. The molecule has 0 atom stereocenters. The summed E-state index contributed by atoms with van der Waals surface area (Å²) in [7, 11) is 0. The summed E-state index contributed by atoms with van der Waals surface area (Å²) in [6.07, 6.45) is -3.10. The van der Waals surface area contributed by atoms with E-state index in [1.807, 2.05) is 0 Å². The van der Waals surface area contributed by atoms with Crippen molar-refractivity contribution < 1.29 is 13.2 Å². The number of halogens is 3. The van der Waals surface area contributed by atoms with Crippen LogP contribution >= 0.6 is 0 Å². The zero-order valence-electron chi connectivity index (χ0n) is 9.54. The number of aromatic nitrogens is 2. The molecule has 0 aliphatic heterocycles. The molecule has 0 bridgehead atoms. The van der Waals surface area contributed by atoms with E-state index in [0.29, 0.717) is 11.4 Å². The average Bonchev–Trinajstić information content (AvgIpc) is 2.25. The number of hydrogen-bond donors (Lipinski definition) is 2. The monoisotopic (exact) mass is 249 g/mol. The van der Waals surface area contributed by atoms with Crippen LogP contribution in [0.5, 0.6) is 0 Å². The maximum atomic E-state index is 12.4. The Morgan fingerprint density at radius 3 is 2.53 bits per heavy atom. The molecule has 0 spiro atoms. The molecular weight excluding hydrogens is 235 g/mol. The van der Waals surface area contributed by atoms with Crippen LogP contribution in [0.2, 0.25) is 0 Å². The van der Waals surface area contributed by atoms with Crippen LogP contribution in [0.15, 0.2) is 6.33 Å². The van der Waals surface area contributed by atoms with Gasteiger partial charge in [-0.1, -0.05) is 0 Å². The Labute approximate surface area is 96.8 Å².